The number of anilines is 4. The molecular weight excluding hydrogens is 374 g/mol. The molecule has 0 fully saturated rings. The first-order valence-electron chi connectivity index (χ1n) is 9.36. The Bertz CT molecular complexity index is 1200. The Morgan fingerprint density at radius 3 is 2.33 bits per heavy atom. The van der Waals surface area contributed by atoms with Crippen LogP contribution >= 0.6 is 0 Å². The van der Waals surface area contributed by atoms with Crippen molar-refractivity contribution in [3.8, 4) is 23.1 Å². The van der Waals surface area contributed by atoms with E-state index in [1.807, 2.05) is 72.8 Å². The van der Waals surface area contributed by atoms with Gasteiger partial charge in [0.15, 0.2) is 0 Å². The van der Waals surface area contributed by atoms with Gasteiger partial charge in [0.1, 0.15) is 11.6 Å². The van der Waals surface area contributed by atoms with Crippen LogP contribution in [0.2, 0.25) is 0 Å². The van der Waals surface area contributed by atoms with E-state index >= 15 is 0 Å². The largest absolute Gasteiger partial charge is 0.497 e. The molecule has 3 aromatic carbocycles. The summed E-state index contributed by atoms with van der Waals surface area (Å²) in [5.41, 5.74) is 3.92. The van der Waals surface area contributed by atoms with Gasteiger partial charge in [-0.1, -0.05) is 42.5 Å². The first-order chi connectivity index (χ1) is 14.7. The standard InChI is InChI=1S/C24H19N5O/c1-30-21-12-6-11-20(14-21)27-24-28-22(18-8-3-2-4-9-18)15-23(29-24)26-19-10-5-7-17(13-19)16-25/h2-15H,1H3,(H2,26,27,28,29). The molecule has 6 nitrogen and oxygen atoms in total. The van der Waals surface area contributed by atoms with Gasteiger partial charge in [0.2, 0.25) is 5.95 Å². The molecule has 4 aromatic rings. The van der Waals surface area contributed by atoms with E-state index in [9.17, 15) is 0 Å². The van der Waals surface area contributed by atoms with Crippen molar-refractivity contribution in [1.29, 1.82) is 5.26 Å². The lowest BCUT2D eigenvalue weighted by Crippen LogP contribution is -2.02. The Kier molecular flexibility index (Phi) is 5.54. The summed E-state index contributed by atoms with van der Waals surface area (Å²) in [4.78, 5) is 9.28. The first-order valence-corrected chi connectivity index (χ1v) is 9.36. The summed E-state index contributed by atoms with van der Waals surface area (Å²) in [5.74, 6) is 1.80. The van der Waals surface area contributed by atoms with E-state index in [1.54, 1.807) is 19.2 Å². The van der Waals surface area contributed by atoms with Crippen LogP contribution in [-0.2, 0) is 0 Å². The van der Waals surface area contributed by atoms with E-state index < -0.39 is 0 Å². The van der Waals surface area contributed by atoms with Crippen LogP contribution in [0.4, 0.5) is 23.1 Å². The Morgan fingerprint density at radius 1 is 0.800 bits per heavy atom. The molecule has 0 bridgehead atoms. The van der Waals surface area contributed by atoms with Crippen molar-refractivity contribution >= 4 is 23.1 Å². The fraction of sp³-hybridized carbons (Fsp3) is 0.0417. The number of aromatic nitrogens is 2. The van der Waals surface area contributed by atoms with Gasteiger partial charge < -0.3 is 15.4 Å². The van der Waals surface area contributed by atoms with Crippen LogP contribution in [0, 0.1) is 11.3 Å². The van der Waals surface area contributed by atoms with E-state index in [1.165, 1.54) is 0 Å². The molecule has 0 unspecified atom stereocenters. The Morgan fingerprint density at radius 2 is 1.57 bits per heavy atom. The molecule has 6 heteroatoms. The highest BCUT2D eigenvalue weighted by Gasteiger charge is 2.09. The van der Waals surface area contributed by atoms with Crippen LogP contribution in [0.1, 0.15) is 5.56 Å². The van der Waals surface area contributed by atoms with Crippen molar-refractivity contribution < 1.29 is 4.74 Å². The van der Waals surface area contributed by atoms with E-state index in [-0.39, 0.29) is 0 Å². The Labute approximate surface area is 174 Å². The average Bonchev–Trinajstić information content (AvgIpc) is 2.80. The third kappa shape index (κ3) is 4.54. The maximum atomic E-state index is 9.15. The Balaban J connectivity index is 1.71. The topological polar surface area (TPSA) is 82.9 Å². The Hall–Kier alpha value is -4.37. The molecular formula is C24H19N5O. The lowest BCUT2D eigenvalue weighted by Gasteiger charge is -2.12. The molecule has 0 spiro atoms. The molecule has 30 heavy (non-hydrogen) atoms. The maximum absolute atomic E-state index is 9.15. The minimum Gasteiger partial charge on any atom is -0.497 e. The van der Waals surface area contributed by atoms with Crippen LogP contribution in [0.15, 0.2) is 84.9 Å². The van der Waals surface area contributed by atoms with Gasteiger partial charge in [-0.25, -0.2) is 4.98 Å². The molecule has 0 atom stereocenters. The summed E-state index contributed by atoms with van der Waals surface area (Å²) in [5, 5.41) is 15.7. The molecule has 0 radical (unpaired) electrons. The van der Waals surface area contributed by atoms with Gasteiger partial charge in [-0.2, -0.15) is 10.2 Å². The first kappa shape index (κ1) is 19.0. The number of nitrogens with zero attached hydrogens (tertiary/aromatic N) is 3. The molecule has 146 valence electrons. The molecule has 1 aromatic heterocycles. The lowest BCUT2D eigenvalue weighted by molar-refractivity contribution is 0.415. The molecule has 0 saturated carbocycles. The SMILES string of the molecule is COc1cccc(Nc2nc(Nc3cccc(C#N)c3)cc(-c3ccccc3)n2)c1. The summed E-state index contributed by atoms with van der Waals surface area (Å²) in [6, 6.07) is 28.8. The highest BCUT2D eigenvalue weighted by atomic mass is 16.5. The number of hydrogen-bond donors (Lipinski definition) is 2. The zero-order chi connectivity index (χ0) is 20.8. The van der Waals surface area contributed by atoms with Gasteiger partial charge in [-0.3, -0.25) is 0 Å². The number of hydrogen-bond acceptors (Lipinski definition) is 6. The van der Waals surface area contributed by atoms with Crippen molar-refractivity contribution in [2.45, 2.75) is 0 Å². The van der Waals surface area contributed by atoms with Gasteiger partial charge in [-0.05, 0) is 30.3 Å². The zero-order valence-corrected chi connectivity index (χ0v) is 16.3. The molecule has 2 N–H and O–H groups in total. The van der Waals surface area contributed by atoms with Crippen LogP contribution in [0.3, 0.4) is 0 Å². The minimum atomic E-state index is 0.448. The summed E-state index contributed by atoms with van der Waals surface area (Å²) in [6.45, 7) is 0. The fourth-order valence-corrected chi connectivity index (χ4v) is 2.97. The second-order valence-corrected chi connectivity index (χ2v) is 6.50. The zero-order valence-electron chi connectivity index (χ0n) is 16.3. The predicted molar refractivity (Wildman–Crippen MR) is 118 cm³/mol. The summed E-state index contributed by atoms with van der Waals surface area (Å²) < 4.78 is 5.29. The van der Waals surface area contributed by atoms with Crippen LogP contribution in [-0.4, -0.2) is 17.1 Å². The molecule has 4 rings (SSSR count). The third-order valence-electron chi connectivity index (χ3n) is 4.39. The number of nitriles is 1. The van der Waals surface area contributed by atoms with E-state index in [0.717, 1.165) is 28.4 Å². The van der Waals surface area contributed by atoms with Crippen molar-refractivity contribution in [3.05, 3.63) is 90.5 Å². The molecule has 0 aliphatic heterocycles. The molecule has 0 aliphatic carbocycles. The van der Waals surface area contributed by atoms with Gasteiger partial charge >= 0.3 is 0 Å². The van der Waals surface area contributed by atoms with Crippen LogP contribution < -0.4 is 15.4 Å². The lowest BCUT2D eigenvalue weighted by atomic mass is 10.1. The monoisotopic (exact) mass is 393 g/mol. The second kappa shape index (κ2) is 8.76. The highest BCUT2D eigenvalue weighted by molar-refractivity contribution is 5.69. The third-order valence-corrected chi connectivity index (χ3v) is 4.39. The minimum absolute atomic E-state index is 0.448. The predicted octanol–water partition coefficient (Wildman–Crippen LogP) is 5.51. The van der Waals surface area contributed by atoms with Crippen molar-refractivity contribution in [2.24, 2.45) is 0 Å². The smallest absolute Gasteiger partial charge is 0.229 e. The number of methoxy groups -OCH3 is 1. The maximum Gasteiger partial charge on any atom is 0.229 e. The molecule has 0 aliphatic rings. The number of benzene rings is 3. The van der Waals surface area contributed by atoms with E-state index in [4.69, 9.17) is 10.00 Å². The number of ether oxygens (including phenoxy) is 1. The summed E-state index contributed by atoms with van der Waals surface area (Å²) >= 11 is 0. The van der Waals surface area contributed by atoms with Gasteiger partial charge in [-0.15, -0.1) is 0 Å². The number of rotatable bonds is 6. The van der Waals surface area contributed by atoms with Crippen molar-refractivity contribution in [3.63, 3.8) is 0 Å². The normalized spacial score (nSPS) is 10.1. The molecule has 1 heterocycles. The van der Waals surface area contributed by atoms with Gasteiger partial charge in [0, 0.05) is 29.1 Å². The quantitative estimate of drug-likeness (QED) is 0.449. The number of nitrogens with one attached hydrogen (secondary N) is 2. The van der Waals surface area contributed by atoms with Crippen LogP contribution in [0.25, 0.3) is 11.3 Å². The molecule has 0 saturated heterocycles. The van der Waals surface area contributed by atoms with Crippen molar-refractivity contribution in [2.75, 3.05) is 17.7 Å². The van der Waals surface area contributed by atoms with E-state index in [2.05, 4.69) is 26.7 Å². The fourth-order valence-electron chi connectivity index (χ4n) is 2.97. The summed E-state index contributed by atoms with van der Waals surface area (Å²) in [6.07, 6.45) is 0. The second-order valence-electron chi connectivity index (χ2n) is 6.50. The highest BCUT2D eigenvalue weighted by Crippen LogP contribution is 2.26. The van der Waals surface area contributed by atoms with E-state index in [0.29, 0.717) is 17.3 Å². The van der Waals surface area contributed by atoms with Gasteiger partial charge in [0.25, 0.3) is 0 Å². The van der Waals surface area contributed by atoms with Gasteiger partial charge in [0.05, 0.1) is 24.4 Å². The summed E-state index contributed by atoms with van der Waals surface area (Å²) in [7, 11) is 1.63. The van der Waals surface area contributed by atoms with Crippen molar-refractivity contribution in [1.82, 2.24) is 9.97 Å². The van der Waals surface area contributed by atoms with Crippen LogP contribution in [0.5, 0.6) is 5.75 Å². The average molecular weight is 393 g/mol. The molecule has 0 amide bonds.